The molecule has 3 aromatic carbocycles. The molecule has 4 aromatic rings. The second kappa shape index (κ2) is 13.2. The normalized spacial score (nSPS) is 12.2. The summed E-state index contributed by atoms with van der Waals surface area (Å²) in [6, 6.07) is 28.9. The van der Waals surface area contributed by atoms with E-state index in [9.17, 15) is 9.90 Å². The van der Waals surface area contributed by atoms with E-state index >= 15 is 0 Å². The van der Waals surface area contributed by atoms with Gasteiger partial charge in [-0.2, -0.15) is 4.57 Å². The minimum Gasteiger partial charge on any atom is -0.846 e. The molecule has 0 radical (unpaired) electrons. The molecule has 1 atom stereocenters. The summed E-state index contributed by atoms with van der Waals surface area (Å²) in [4.78, 5) is 16.0. The first kappa shape index (κ1) is 27.4. The van der Waals surface area contributed by atoms with Gasteiger partial charge in [-0.05, 0) is 35.4 Å². The number of pyridine rings is 1. The van der Waals surface area contributed by atoms with Crippen LogP contribution in [0.3, 0.4) is 0 Å². The van der Waals surface area contributed by atoms with E-state index in [0.717, 1.165) is 28.0 Å². The van der Waals surface area contributed by atoms with Crippen LogP contribution in [-0.4, -0.2) is 12.0 Å². The van der Waals surface area contributed by atoms with Crippen LogP contribution in [0, 0.1) is 5.92 Å². The highest BCUT2D eigenvalue weighted by Crippen LogP contribution is 2.30. The monoisotopic (exact) mass is 523 g/mol. The van der Waals surface area contributed by atoms with Crippen LogP contribution < -0.4 is 19.7 Å². The van der Waals surface area contributed by atoms with Crippen molar-refractivity contribution in [1.82, 2.24) is 0 Å². The molecule has 7 heteroatoms. The summed E-state index contributed by atoms with van der Waals surface area (Å²) in [5.41, 5.74) is 4.59. The Labute approximate surface area is 229 Å². The highest BCUT2D eigenvalue weighted by atomic mass is 16.6. The van der Waals surface area contributed by atoms with Gasteiger partial charge in [-0.15, -0.1) is 0 Å². The number of hydrogen-bond acceptors (Lipinski definition) is 5. The van der Waals surface area contributed by atoms with Gasteiger partial charge in [0, 0.05) is 29.8 Å². The molecule has 1 heterocycles. The third-order valence-corrected chi connectivity index (χ3v) is 6.04. The van der Waals surface area contributed by atoms with Gasteiger partial charge in [0.25, 0.3) is 0 Å². The van der Waals surface area contributed by atoms with E-state index in [1.54, 1.807) is 25.3 Å². The molecule has 1 N–H and O–H groups in total. The quantitative estimate of drug-likeness (QED) is 0.133. The summed E-state index contributed by atoms with van der Waals surface area (Å²) >= 11 is 0. The number of ether oxygens (including phenoxy) is 2. The Bertz CT molecular complexity index is 1400. The number of benzene rings is 3. The number of aromatic nitrogens is 1. The lowest BCUT2D eigenvalue weighted by molar-refractivity contribution is -0.753. The molecule has 0 bridgehead atoms. The van der Waals surface area contributed by atoms with Crippen molar-refractivity contribution >= 4 is 17.7 Å². The van der Waals surface area contributed by atoms with Gasteiger partial charge in [-0.1, -0.05) is 74.5 Å². The van der Waals surface area contributed by atoms with Gasteiger partial charge in [0.2, 0.25) is 0 Å². The van der Waals surface area contributed by atoms with Crippen LogP contribution in [0.4, 0.5) is 5.69 Å². The summed E-state index contributed by atoms with van der Waals surface area (Å²) in [5, 5.41) is 15.2. The number of esters is 1. The lowest BCUT2D eigenvalue weighted by Gasteiger charge is -2.15. The SMILES string of the molecule is CC(C)C(=O)OC(C)[n+]1cccc(CN=C([O-])Nc2ccc(COc3ccccc3-c3ccccc3)cc2)c1. The second-order valence-corrected chi connectivity index (χ2v) is 9.44. The molecule has 1 aromatic heterocycles. The maximum Gasteiger partial charge on any atom is 0.313 e. The zero-order chi connectivity index (χ0) is 27.6. The number of carbonyl (C=O) groups is 1. The maximum atomic E-state index is 12.4. The number of para-hydroxylation sites is 1. The Morgan fingerprint density at radius 1 is 0.897 bits per heavy atom. The van der Waals surface area contributed by atoms with Crippen molar-refractivity contribution in [3.63, 3.8) is 0 Å². The number of anilines is 1. The third kappa shape index (κ3) is 7.92. The number of rotatable bonds is 10. The highest BCUT2D eigenvalue weighted by molar-refractivity contribution is 5.85. The Morgan fingerprint density at radius 3 is 2.36 bits per heavy atom. The first-order valence-electron chi connectivity index (χ1n) is 12.9. The number of nitrogens with zero attached hydrogens (tertiary/aromatic N) is 2. The minimum absolute atomic E-state index is 0.199. The molecular formula is C32H33N3O4. The standard InChI is InChI=1S/C32H33N3O4/c1-23(2)31(36)39-24(3)35-19-9-10-26(21-35)20-33-32(37)34-28-17-15-25(16-18-28)22-38-30-14-8-7-13-29(30)27-11-5-4-6-12-27/h4-19,21,23-24H,20,22H2,1-3H3,(H-,33,34,37). The Balaban J connectivity index is 1.31. The van der Waals surface area contributed by atoms with E-state index < -0.39 is 12.2 Å². The van der Waals surface area contributed by atoms with Gasteiger partial charge in [0.1, 0.15) is 12.4 Å². The fourth-order valence-electron chi connectivity index (χ4n) is 3.85. The van der Waals surface area contributed by atoms with Crippen LogP contribution in [0.5, 0.6) is 5.75 Å². The van der Waals surface area contributed by atoms with E-state index in [2.05, 4.69) is 22.4 Å². The van der Waals surface area contributed by atoms with Crippen molar-refractivity contribution in [2.45, 2.75) is 40.2 Å². The Hall–Kier alpha value is -4.65. The fraction of sp³-hybridized carbons (Fsp3) is 0.219. The van der Waals surface area contributed by atoms with E-state index in [-0.39, 0.29) is 18.4 Å². The summed E-state index contributed by atoms with van der Waals surface area (Å²) < 4.78 is 13.3. The first-order chi connectivity index (χ1) is 18.9. The Kier molecular flexibility index (Phi) is 9.29. The van der Waals surface area contributed by atoms with Crippen molar-refractivity contribution in [3.05, 3.63) is 115 Å². The van der Waals surface area contributed by atoms with Crippen LogP contribution >= 0.6 is 0 Å². The largest absolute Gasteiger partial charge is 0.846 e. The zero-order valence-electron chi connectivity index (χ0n) is 22.4. The van der Waals surface area contributed by atoms with Crippen molar-refractivity contribution in [2.75, 3.05) is 5.32 Å². The molecule has 200 valence electrons. The number of hydrogen-bond donors (Lipinski definition) is 1. The molecular weight excluding hydrogens is 490 g/mol. The predicted octanol–water partition coefficient (Wildman–Crippen LogP) is 5.27. The summed E-state index contributed by atoms with van der Waals surface area (Å²) in [6.07, 6.45) is 3.18. The lowest BCUT2D eigenvalue weighted by atomic mass is 10.0. The average molecular weight is 524 g/mol. The van der Waals surface area contributed by atoms with Crippen LogP contribution in [-0.2, 0) is 22.7 Å². The third-order valence-electron chi connectivity index (χ3n) is 6.04. The smallest absolute Gasteiger partial charge is 0.313 e. The van der Waals surface area contributed by atoms with Crippen molar-refractivity contribution in [3.8, 4) is 16.9 Å². The molecule has 0 saturated carbocycles. The molecule has 4 rings (SSSR count). The molecule has 7 nitrogen and oxygen atoms in total. The predicted molar refractivity (Wildman–Crippen MR) is 150 cm³/mol. The minimum atomic E-state index is -0.456. The lowest BCUT2D eigenvalue weighted by Crippen LogP contribution is -2.40. The Morgan fingerprint density at radius 2 is 1.62 bits per heavy atom. The van der Waals surface area contributed by atoms with Gasteiger partial charge in [0.05, 0.1) is 18.5 Å². The molecule has 0 spiro atoms. The van der Waals surface area contributed by atoms with Crippen LogP contribution in [0.15, 0.2) is 108 Å². The van der Waals surface area contributed by atoms with Crippen molar-refractivity contribution in [1.29, 1.82) is 0 Å². The van der Waals surface area contributed by atoms with Gasteiger partial charge in [-0.3, -0.25) is 9.79 Å². The molecule has 0 aliphatic carbocycles. The molecule has 0 aliphatic rings. The number of aliphatic imine (C=N–C) groups is 1. The summed E-state index contributed by atoms with van der Waals surface area (Å²) in [6.45, 7) is 5.98. The van der Waals surface area contributed by atoms with Crippen LogP contribution in [0.25, 0.3) is 11.1 Å². The molecule has 0 amide bonds. The topological polar surface area (TPSA) is 86.9 Å². The van der Waals surface area contributed by atoms with E-state index in [1.165, 1.54) is 0 Å². The maximum absolute atomic E-state index is 12.4. The number of nitrogens with one attached hydrogen (secondary N) is 1. The molecule has 1 unspecified atom stereocenters. The zero-order valence-corrected chi connectivity index (χ0v) is 22.4. The fourth-order valence-corrected chi connectivity index (χ4v) is 3.85. The average Bonchev–Trinajstić information content (AvgIpc) is 2.96. The summed E-state index contributed by atoms with van der Waals surface area (Å²) in [7, 11) is 0. The first-order valence-corrected chi connectivity index (χ1v) is 12.9. The number of carbonyl (C=O) groups excluding carboxylic acids is 1. The van der Waals surface area contributed by atoms with Gasteiger partial charge in [0.15, 0.2) is 12.4 Å². The van der Waals surface area contributed by atoms with Gasteiger partial charge >= 0.3 is 12.2 Å². The van der Waals surface area contributed by atoms with Crippen molar-refractivity contribution < 1.29 is 23.9 Å². The van der Waals surface area contributed by atoms with Crippen LogP contribution in [0.2, 0.25) is 0 Å². The van der Waals surface area contributed by atoms with Gasteiger partial charge < -0.3 is 19.9 Å². The molecule has 39 heavy (non-hydrogen) atoms. The summed E-state index contributed by atoms with van der Waals surface area (Å²) in [5.74, 6) is 0.349. The van der Waals surface area contributed by atoms with Crippen molar-refractivity contribution in [2.24, 2.45) is 10.9 Å². The van der Waals surface area contributed by atoms with E-state index in [1.807, 2.05) is 91.3 Å². The number of amidine groups is 1. The van der Waals surface area contributed by atoms with E-state index in [0.29, 0.717) is 12.3 Å². The molecule has 0 fully saturated rings. The van der Waals surface area contributed by atoms with Crippen LogP contribution in [0.1, 0.15) is 38.1 Å². The molecule has 0 aliphatic heterocycles. The molecule has 0 saturated heterocycles. The second-order valence-electron chi connectivity index (χ2n) is 9.44. The van der Waals surface area contributed by atoms with Gasteiger partial charge in [-0.25, -0.2) is 0 Å². The van der Waals surface area contributed by atoms with E-state index in [4.69, 9.17) is 9.47 Å². The highest BCUT2D eigenvalue weighted by Gasteiger charge is 2.19.